The molecule has 4 nitrogen and oxygen atoms in total. The summed E-state index contributed by atoms with van der Waals surface area (Å²) in [6.07, 6.45) is 0.979. The van der Waals surface area contributed by atoms with E-state index in [4.69, 9.17) is 4.74 Å². The second kappa shape index (κ2) is 5.01. The predicted molar refractivity (Wildman–Crippen MR) is 52.3 cm³/mol. The first-order valence-electron chi connectivity index (χ1n) is 4.08. The van der Waals surface area contributed by atoms with Gasteiger partial charge in [0.15, 0.2) is 6.21 Å². The number of nitrogens with zero attached hydrogens (tertiary/aromatic N) is 1. The maximum absolute atomic E-state index is 11.1. The molecule has 1 rings (SSSR count). The smallest absolute Gasteiger partial charge is 0.358 e. The van der Waals surface area contributed by atoms with Gasteiger partial charge in [0.25, 0.3) is 0 Å². The minimum absolute atomic E-state index is 0.528. The molecule has 1 aromatic rings. The van der Waals surface area contributed by atoms with Crippen molar-refractivity contribution in [1.29, 1.82) is 0 Å². The van der Waals surface area contributed by atoms with E-state index in [-0.39, 0.29) is 0 Å². The average molecular weight is 193 g/mol. The van der Waals surface area contributed by atoms with Crippen LogP contribution in [0.2, 0.25) is 0 Å². The Morgan fingerprint density at radius 3 is 2.79 bits per heavy atom. The fraction of sp³-hybridized carbons (Fsp3) is 0.200. The maximum Gasteiger partial charge on any atom is 0.358 e. The van der Waals surface area contributed by atoms with Crippen LogP contribution in [0.4, 0.5) is 0 Å². The molecule has 0 saturated heterocycles. The quantitative estimate of drug-likeness (QED) is 0.316. The third-order valence-electron chi connectivity index (χ3n) is 1.57. The molecule has 0 aromatic heterocycles. The average Bonchev–Trinajstić information content (AvgIpc) is 2.18. The zero-order valence-electron chi connectivity index (χ0n) is 8.06. The SMILES string of the molecule is CO/N=C/C(=O)Oc1ccccc1C. The first kappa shape index (κ1) is 10.2. The Labute approximate surface area is 82.1 Å². The minimum Gasteiger partial charge on any atom is -0.422 e. The second-order valence-electron chi connectivity index (χ2n) is 2.60. The van der Waals surface area contributed by atoms with Crippen molar-refractivity contribution in [2.75, 3.05) is 7.11 Å². The summed E-state index contributed by atoms with van der Waals surface area (Å²) in [5, 5.41) is 3.30. The van der Waals surface area contributed by atoms with Crippen LogP contribution in [-0.2, 0) is 9.63 Å². The molecular formula is C10H11NO3. The van der Waals surface area contributed by atoms with Gasteiger partial charge < -0.3 is 9.57 Å². The topological polar surface area (TPSA) is 47.9 Å². The van der Waals surface area contributed by atoms with Gasteiger partial charge in [-0.15, -0.1) is 0 Å². The van der Waals surface area contributed by atoms with Gasteiger partial charge in [-0.25, -0.2) is 4.79 Å². The molecule has 0 unspecified atom stereocenters. The normalized spacial score (nSPS) is 10.1. The third kappa shape index (κ3) is 2.90. The highest BCUT2D eigenvalue weighted by Crippen LogP contribution is 2.15. The molecule has 0 bridgehead atoms. The Morgan fingerprint density at radius 2 is 2.14 bits per heavy atom. The van der Waals surface area contributed by atoms with E-state index >= 15 is 0 Å². The van der Waals surface area contributed by atoms with Crippen molar-refractivity contribution in [3.63, 3.8) is 0 Å². The van der Waals surface area contributed by atoms with Crippen LogP contribution in [0.25, 0.3) is 0 Å². The monoisotopic (exact) mass is 193 g/mol. The number of para-hydroxylation sites is 1. The number of benzene rings is 1. The Hall–Kier alpha value is -1.84. The van der Waals surface area contributed by atoms with E-state index in [2.05, 4.69) is 9.99 Å². The van der Waals surface area contributed by atoms with Gasteiger partial charge in [0.1, 0.15) is 12.9 Å². The van der Waals surface area contributed by atoms with Crippen LogP contribution < -0.4 is 4.74 Å². The van der Waals surface area contributed by atoms with Crippen LogP contribution in [0.15, 0.2) is 29.4 Å². The standard InChI is InChI=1S/C10H11NO3/c1-8-5-3-4-6-9(8)14-10(12)7-11-13-2/h3-7H,1-2H3/b11-7+. The fourth-order valence-corrected chi connectivity index (χ4v) is 0.901. The molecule has 0 fully saturated rings. The van der Waals surface area contributed by atoms with Gasteiger partial charge in [0.2, 0.25) is 0 Å². The molecule has 0 atom stereocenters. The Bertz CT molecular complexity index is 347. The second-order valence-corrected chi connectivity index (χ2v) is 2.60. The van der Waals surface area contributed by atoms with E-state index in [1.54, 1.807) is 12.1 Å². The van der Waals surface area contributed by atoms with Crippen molar-refractivity contribution in [3.05, 3.63) is 29.8 Å². The van der Waals surface area contributed by atoms with Gasteiger partial charge in [0.05, 0.1) is 0 Å². The van der Waals surface area contributed by atoms with Crippen LogP contribution >= 0.6 is 0 Å². The van der Waals surface area contributed by atoms with E-state index in [1.807, 2.05) is 19.1 Å². The summed E-state index contributed by atoms with van der Waals surface area (Å²) < 4.78 is 4.98. The number of esters is 1. The molecule has 0 aliphatic heterocycles. The summed E-state index contributed by atoms with van der Waals surface area (Å²) in [7, 11) is 1.36. The molecule has 0 aliphatic rings. The summed E-state index contributed by atoms with van der Waals surface area (Å²) in [4.78, 5) is 15.4. The molecule has 0 saturated carbocycles. The van der Waals surface area contributed by atoms with Gasteiger partial charge in [-0.1, -0.05) is 23.4 Å². The predicted octanol–water partition coefficient (Wildman–Crippen LogP) is 1.53. The molecule has 0 N–H and O–H groups in total. The van der Waals surface area contributed by atoms with E-state index in [1.165, 1.54) is 7.11 Å². The van der Waals surface area contributed by atoms with E-state index in [9.17, 15) is 4.79 Å². The van der Waals surface area contributed by atoms with E-state index < -0.39 is 5.97 Å². The van der Waals surface area contributed by atoms with Crippen LogP contribution in [0.5, 0.6) is 5.75 Å². The van der Waals surface area contributed by atoms with E-state index in [0.29, 0.717) is 5.75 Å². The molecule has 0 heterocycles. The maximum atomic E-state index is 11.1. The van der Waals surface area contributed by atoms with Crippen molar-refractivity contribution >= 4 is 12.2 Å². The first-order chi connectivity index (χ1) is 6.74. The summed E-state index contributed by atoms with van der Waals surface area (Å²) in [5.74, 6) is -0.0267. The van der Waals surface area contributed by atoms with Crippen LogP contribution in [0.3, 0.4) is 0 Å². The van der Waals surface area contributed by atoms with Crippen molar-refractivity contribution < 1.29 is 14.4 Å². The number of rotatable bonds is 3. The van der Waals surface area contributed by atoms with Crippen molar-refractivity contribution in [2.45, 2.75) is 6.92 Å². The molecule has 1 aromatic carbocycles. The fourth-order valence-electron chi connectivity index (χ4n) is 0.901. The molecule has 14 heavy (non-hydrogen) atoms. The third-order valence-corrected chi connectivity index (χ3v) is 1.57. The lowest BCUT2D eigenvalue weighted by atomic mass is 10.2. The molecule has 0 amide bonds. The molecule has 0 aliphatic carbocycles. The van der Waals surface area contributed by atoms with E-state index in [0.717, 1.165) is 11.8 Å². The minimum atomic E-state index is -0.554. The van der Waals surface area contributed by atoms with Gasteiger partial charge in [0, 0.05) is 0 Å². The zero-order valence-corrected chi connectivity index (χ0v) is 8.06. The van der Waals surface area contributed by atoms with Crippen LogP contribution in [0.1, 0.15) is 5.56 Å². The molecule has 74 valence electrons. The van der Waals surface area contributed by atoms with Crippen molar-refractivity contribution in [2.24, 2.45) is 5.16 Å². The zero-order chi connectivity index (χ0) is 10.4. The highest BCUT2D eigenvalue weighted by Gasteiger charge is 2.03. The van der Waals surface area contributed by atoms with Crippen molar-refractivity contribution in [3.8, 4) is 5.75 Å². The first-order valence-corrected chi connectivity index (χ1v) is 4.08. The Kier molecular flexibility index (Phi) is 3.67. The Morgan fingerprint density at radius 1 is 1.43 bits per heavy atom. The molecule has 0 spiro atoms. The van der Waals surface area contributed by atoms with Gasteiger partial charge in [-0.3, -0.25) is 0 Å². The molecular weight excluding hydrogens is 182 g/mol. The molecule has 4 heteroatoms. The number of oxime groups is 1. The Balaban J connectivity index is 2.65. The van der Waals surface area contributed by atoms with Crippen LogP contribution in [0, 0.1) is 6.92 Å². The van der Waals surface area contributed by atoms with Crippen LogP contribution in [-0.4, -0.2) is 19.3 Å². The van der Waals surface area contributed by atoms with Gasteiger partial charge in [-0.2, -0.15) is 0 Å². The van der Waals surface area contributed by atoms with Crippen molar-refractivity contribution in [1.82, 2.24) is 0 Å². The summed E-state index contributed by atoms with van der Waals surface area (Å²) >= 11 is 0. The lowest BCUT2D eigenvalue weighted by Gasteiger charge is -2.03. The highest BCUT2D eigenvalue weighted by atomic mass is 16.6. The summed E-state index contributed by atoms with van der Waals surface area (Å²) in [6, 6.07) is 7.24. The number of ether oxygens (including phenoxy) is 1. The summed E-state index contributed by atoms with van der Waals surface area (Å²) in [6.45, 7) is 1.86. The number of carbonyl (C=O) groups excluding carboxylic acids is 1. The largest absolute Gasteiger partial charge is 0.422 e. The molecule has 0 radical (unpaired) electrons. The number of hydrogen-bond donors (Lipinski definition) is 0. The van der Waals surface area contributed by atoms with Gasteiger partial charge >= 0.3 is 5.97 Å². The number of carbonyl (C=O) groups is 1. The number of hydrogen-bond acceptors (Lipinski definition) is 4. The lowest BCUT2D eigenvalue weighted by molar-refractivity contribution is -0.126. The highest BCUT2D eigenvalue weighted by molar-refractivity contribution is 6.23. The lowest BCUT2D eigenvalue weighted by Crippen LogP contribution is -2.09. The van der Waals surface area contributed by atoms with Gasteiger partial charge in [-0.05, 0) is 18.6 Å². The number of aryl methyl sites for hydroxylation is 1. The summed E-state index contributed by atoms with van der Waals surface area (Å²) in [5.41, 5.74) is 0.895.